The molecule has 0 aliphatic heterocycles. The molecule has 0 nitrogen and oxygen atoms in total. The van der Waals surface area contributed by atoms with Crippen LogP contribution in [0.3, 0.4) is 0 Å². The van der Waals surface area contributed by atoms with Crippen molar-refractivity contribution >= 4 is 28.9 Å². The van der Waals surface area contributed by atoms with E-state index in [4.69, 9.17) is 0 Å². The summed E-state index contributed by atoms with van der Waals surface area (Å²) in [4.78, 5) is 4.80. The van der Waals surface area contributed by atoms with Gasteiger partial charge in [0.1, 0.15) is 0 Å². The molecule has 0 aliphatic carbocycles. The fraction of sp³-hybridized carbons (Fsp3) is 1.00. The third kappa shape index (κ3) is 7.28. The van der Waals surface area contributed by atoms with Crippen molar-refractivity contribution in [3.8, 4) is 0 Å². The molecule has 0 aromatic heterocycles. The van der Waals surface area contributed by atoms with Crippen molar-refractivity contribution in [2.75, 3.05) is 0 Å². The fourth-order valence-corrected chi connectivity index (χ4v) is 6.65. The molecule has 0 aromatic rings. The second-order valence-electron chi connectivity index (χ2n) is 2.47. The molecule has 0 fully saturated rings. The summed E-state index contributed by atoms with van der Waals surface area (Å²) in [6.07, 6.45) is 1.36. The quantitative estimate of drug-likeness (QED) is 0.678. The van der Waals surface area contributed by atoms with E-state index in [0.717, 1.165) is 0 Å². The van der Waals surface area contributed by atoms with Gasteiger partial charge in [-0.25, -0.2) is 0 Å². The van der Waals surface area contributed by atoms with Crippen molar-refractivity contribution in [3.05, 3.63) is 0 Å². The third-order valence-corrected chi connectivity index (χ3v) is 8.32. The Morgan fingerprint density at radius 3 is 1.86 bits per heavy atom. The zero-order valence-electron chi connectivity index (χ0n) is 5.29. The van der Waals surface area contributed by atoms with Gasteiger partial charge in [0.05, 0.1) is 0 Å². The zero-order valence-corrected chi connectivity index (χ0v) is 9.73. The van der Waals surface area contributed by atoms with Crippen LogP contribution in [0, 0.1) is 0 Å². The van der Waals surface area contributed by atoms with Gasteiger partial charge in [0.2, 0.25) is 0 Å². The second-order valence-corrected chi connectivity index (χ2v) is 28.1. The molecule has 0 heterocycles. The van der Waals surface area contributed by atoms with Crippen LogP contribution < -0.4 is 0 Å². The summed E-state index contributed by atoms with van der Waals surface area (Å²) < 4.78 is 1.47. The Labute approximate surface area is 56.3 Å². The summed E-state index contributed by atoms with van der Waals surface area (Å²) >= 11 is 2.29. The van der Waals surface area contributed by atoms with E-state index in [1.807, 2.05) is 0 Å². The van der Waals surface area contributed by atoms with Crippen LogP contribution in [0.25, 0.3) is 0 Å². The Hall–Kier alpha value is 1.28. The van der Waals surface area contributed by atoms with Gasteiger partial charge in [0, 0.05) is 0 Å². The van der Waals surface area contributed by atoms with Crippen molar-refractivity contribution in [2.24, 2.45) is 0 Å². The third-order valence-electron chi connectivity index (χ3n) is 0.844. The summed E-state index contributed by atoms with van der Waals surface area (Å²) in [5, 5.41) is 0. The molecule has 0 N–H and O–H groups in total. The van der Waals surface area contributed by atoms with Crippen molar-refractivity contribution in [1.82, 2.24) is 0 Å². The predicted octanol–water partition coefficient (Wildman–Crippen LogP) is 3.00. The Morgan fingerprint density at radius 2 is 1.86 bits per heavy atom. The average Bonchev–Trinajstić information content (AvgIpc) is 1.30. The van der Waals surface area contributed by atoms with Crippen LogP contribution in [0.15, 0.2) is 0 Å². The molecule has 0 unspecified atom stereocenters. The van der Waals surface area contributed by atoms with Gasteiger partial charge in [-0.1, -0.05) is 0 Å². The molecule has 2 heteroatoms. The minimum atomic E-state index is -1.46. The maximum absolute atomic E-state index is 3.75. The molecule has 0 atom stereocenters. The Balaban J connectivity index is 3.15. The fourth-order valence-electron chi connectivity index (χ4n) is 0.594. The van der Waals surface area contributed by atoms with E-state index >= 15 is 0 Å². The number of rotatable bonds is 2. The van der Waals surface area contributed by atoms with Gasteiger partial charge < -0.3 is 0 Å². The molecule has 0 amide bonds. The summed E-state index contributed by atoms with van der Waals surface area (Å²) in [6.45, 7) is 2.25. The van der Waals surface area contributed by atoms with Gasteiger partial charge in [-0.05, 0) is 0 Å². The van der Waals surface area contributed by atoms with Crippen LogP contribution >= 0.6 is 12.7 Å². The maximum atomic E-state index is 3.75. The van der Waals surface area contributed by atoms with Crippen LogP contribution in [0.5, 0.6) is 0 Å². The SMILES string of the molecule is CC[CH2][Sn]([CH3])([CH3])[Br]. The first-order valence-electron chi connectivity index (χ1n) is 2.75. The average molecular weight is 272 g/mol. The van der Waals surface area contributed by atoms with Gasteiger partial charge >= 0.3 is 56.5 Å². The second kappa shape index (κ2) is 3.33. The standard InChI is InChI=1S/C3H7.2CH3.BrH.Sn/c1-3-2;;;;/h1,3H2,2H3;2*1H3;1H;/q;;;;+1/p-1. The molecular formula is C5H13BrSn. The summed E-state index contributed by atoms with van der Waals surface area (Å²) in [6, 6.07) is 0. The van der Waals surface area contributed by atoms with Crippen LogP contribution in [0.2, 0.25) is 14.3 Å². The van der Waals surface area contributed by atoms with Crippen LogP contribution in [-0.2, 0) is 0 Å². The summed E-state index contributed by atoms with van der Waals surface area (Å²) in [7, 11) is 0. The Bertz CT molecular complexity index is 46.5. The normalized spacial score (nSPS) is 12.0. The monoisotopic (exact) mass is 272 g/mol. The molecule has 0 radical (unpaired) electrons. The number of hydrogen-bond acceptors (Lipinski definition) is 0. The van der Waals surface area contributed by atoms with Gasteiger partial charge in [-0.3, -0.25) is 0 Å². The molecule has 0 saturated heterocycles. The first-order valence-corrected chi connectivity index (χ1v) is 16.9. The molecule has 0 bridgehead atoms. The first-order chi connectivity index (χ1) is 3.06. The summed E-state index contributed by atoms with van der Waals surface area (Å²) in [5.74, 6) is 0. The number of halogens is 1. The zero-order chi connectivity index (χ0) is 5.91. The molecule has 0 rings (SSSR count). The van der Waals surface area contributed by atoms with E-state index in [-0.39, 0.29) is 0 Å². The van der Waals surface area contributed by atoms with Crippen molar-refractivity contribution in [3.63, 3.8) is 0 Å². The van der Waals surface area contributed by atoms with Crippen molar-refractivity contribution < 1.29 is 0 Å². The molecular weight excluding hydrogens is 259 g/mol. The first kappa shape index (κ1) is 8.28. The Morgan fingerprint density at radius 1 is 1.43 bits per heavy atom. The molecule has 0 saturated carbocycles. The molecule has 44 valence electrons. The summed E-state index contributed by atoms with van der Waals surface area (Å²) in [5.41, 5.74) is 0. The molecule has 7 heavy (non-hydrogen) atoms. The van der Waals surface area contributed by atoms with E-state index < -0.39 is 16.2 Å². The van der Waals surface area contributed by atoms with Gasteiger partial charge in [0.25, 0.3) is 0 Å². The van der Waals surface area contributed by atoms with Crippen LogP contribution in [-0.4, -0.2) is 16.2 Å². The van der Waals surface area contributed by atoms with Crippen LogP contribution in [0.4, 0.5) is 0 Å². The van der Waals surface area contributed by atoms with Crippen molar-refractivity contribution in [2.45, 2.75) is 27.7 Å². The molecule has 0 aromatic carbocycles. The van der Waals surface area contributed by atoms with Gasteiger partial charge in [0.15, 0.2) is 0 Å². The van der Waals surface area contributed by atoms with E-state index in [2.05, 4.69) is 29.5 Å². The van der Waals surface area contributed by atoms with E-state index in [0.29, 0.717) is 0 Å². The Kier molecular flexibility index (Phi) is 3.94. The molecule has 0 aliphatic rings. The molecule has 0 spiro atoms. The van der Waals surface area contributed by atoms with E-state index in [1.165, 1.54) is 10.9 Å². The van der Waals surface area contributed by atoms with E-state index in [1.54, 1.807) is 0 Å². The predicted molar refractivity (Wildman–Crippen MR) is 41.5 cm³/mol. The number of hydrogen-bond donors (Lipinski definition) is 0. The minimum absolute atomic E-state index is 1.36. The van der Waals surface area contributed by atoms with Gasteiger partial charge in [-0.15, -0.1) is 0 Å². The van der Waals surface area contributed by atoms with E-state index in [9.17, 15) is 0 Å². The van der Waals surface area contributed by atoms with Crippen LogP contribution in [0.1, 0.15) is 13.3 Å². The van der Waals surface area contributed by atoms with Gasteiger partial charge in [-0.2, -0.15) is 0 Å². The van der Waals surface area contributed by atoms with Crippen molar-refractivity contribution in [1.29, 1.82) is 0 Å². The topological polar surface area (TPSA) is 0 Å².